The summed E-state index contributed by atoms with van der Waals surface area (Å²) in [6.45, 7) is 1.87. The van der Waals surface area contributed by atoms with Gasteiger partial charge in [0.1, 0.15) is 28.8 Å². The van der Waals surface area contributed by atoms with Gasteiger partial charge in [0.05, 0.1) is 6.42 Å². The summed E-state index contributed by atoms with van der Waals surface area (Å²) in [5.74, 6) is 1.18. The molecule has 0 heterocycles. The second kappa shape index (κ2) is 9.00. The summed E-state index contributed by atoms with van der Waals surface area (Å²) in [7, 11) is 0. The molecule has 3 rings (SSSR count). The van der Waals surface area contributed by atoms with E-state index < -0.39 is 0 Å². The van der Waals surface area contributed by atoms with Crippen molar-refractivity contribution in [2.45, 2.75) is 26.2 Å². The van der Waals surface area contributed by atoms with Gasteiger partial charge in [-0.3, -0.25) is 9.59 Å². The average molecular weight is 374 g/mol. The van der Waals surface area contributed by atoms with Crippen LogP contribution < -0.4 is 4.74 Å². The van der Waals surface area contributed by atoms with Gasteiger partial charge < -0.3 is 9.84 Å². The number of aromatic hydroxyl groups is 1. The molecule has 0 spiro atoms. The molecule has 0 saturated carbocycles. The number of ketones is 2. The molecule has 3 aromatic carbocycles. The predicted octanol–water partition coefficient (Wildman–Crippen LogP) is 4.81. The minimum Gasteiger partial charge on any atom is -0.508 e. The van der Waals surface area contributed by atoms with Crippen molar-refractivity contribution in [3.63, 3.8) is 0 Å². The first-order chi connectivity index (χ1) is 13.5. The van der Waals surface area contributed by atoms with Gasteiger partial charge >= 0.3 is 0 Å². The smallest absolute Gasteiger partial charge is 0.144 e. The molecule has 4 nitrogen and oxygen atoms in total. The summed E-state index contributed by atoms with van der Waals surface area (Å²) in [6, 6.07) is 21.9. The molecule has 0 aliphatic carbocycles. The van der Waals surface area contributed by atoms with E-state index in [9.17, 15) is 14.7 Å². The molecule has 0 radical (unpaired) electrons. The van der Waals surface area contributed by atoms with E-state index in [-0.39, 0.29) is 36.6 Å². The molecule has 0 saturated heterocycles. The van der Waals surface area contributed by atoms with Gasteiger partial charge in [0.2, 0.25) is 0 Å². The van der Waals surface area contributed by atoms with Crippen LogP contribution in [0, 0.1) is 6.92 Å². The molecule has 28 heavy (non-hydrogen) atoms. The first kappa shape index (κ1) is 19.4. The molecular formula is C24H22O4. The number of phenols is 1. The van der Waals surface area contributed by atoms with Crippen LogP contribution in [-0.2, 0) is 22.4 Å². The summed E-state index contributed by atoms with van der Waals surface area (Å²) in [5, 5.41) is 9.89. The normalized spacial score (nSPS) is 10.5. The number of carbonyl (C=O) groups is 2. The molecular weight excluding hydrogens is 352 g/mol. The van der Waals surface area contributed by atoms with E-state index in [0.29, 0.717) is 11.3 Å². The second-order valence-corrected chi connectivity index (χ2v) is 6.80. The Balaban J connectivity index is 1.52. The zero-order valence-electron chi connectivity index (χ0n) is 15.7. The van der Waals surface area contributed by atoms with Gasteiger partial charge in [-0.15, -0.1) is 0 Å². The Bertz CT molecular complexity index is 960. The van der Waals surface area contributed by atoms with Crippen molar-refractivity contribution in [3.8, 4) is 17.2 Å². The molecule has 3 aromatic rings. The van der Waals surface area contributed by atoms with E-state index in [1.807, 2.05) is 67.6 Å². The first-order valence-corrected chi connectivity index (χ1v) is 9.13. The summed E-state index contributed by atoms with van der Waals surface area (Å²) >= 11 is 0. The van der Waals surface area contributed by atoms with E-state index in [1.54, 1.807) is 12.1 Å². The average Bonchev–Trinajstić information content (AvgIpc) is 2.66. The molecule has 4 heteroatoms. The maximum absolute atomic E-state index is 12.2. The number of carbonyl (C=O) groups excluding carboxylic acids is 2. The van der Waals surface area contributed by atoms with Crippen molar-refractivity contribution in [1.82, 2.24) is 0 Å². The molecule has 0 bridgehead atoms. The Hall–Kier alpha value is -3.40. The Morgan fingerprint density at radius 2 is 1.46 bits per heavy atom. The zero-order valence-corrected chi connectivity index (χ0v) is 15.7. The van der Waals surface area contributed by atoms with Crippen LogP contribution in [0.5, 0.6) is 17.2 Å². The van der Waals surface area contributed by atoms with Crippen LogP contribution in [0.15, 0.2) is 72.8 Å². The van der Waals surface area contributed by atoms with Gasteiger partial charge in [0, 0.05) is 18.4 Å². The topological polar surface area (TPSA) is 63.6 Å². The Kier molecular flexibility index (Phi) is 6.22. The zero-order chi connectivity index (χ0) is 19.9. The third-order valence-electron chi connectivity index (χ3n) is 4.33. The van der Waals surface area contributed by atoms with Crippen molar-refractivity contribution in [2.24, 2.45) is 0 Å². The predicted molar refractivity (Wildman–Crippen MR) is 108 cm³/mol. The Labute approximate surface area is 164 Å². The van der Waals surface area contributed by atoms with Crippen LogP contribution >= 0.6 is 0 Å². The maximum Gasteiger partial charge on any atom is 0.144 e. The third kappa shape index (κ3) is 5.55. The van der Waals surface area contributed by atoms with E-state index >= 15 is 0 Å². The van der Waals surface area contributed by atoms with Crippen LogP contribution in [0.25, 0.3) is 0 Å². The van der Waals surface area contributed by atoms with Crippen molar-refractivity contribution < 1.29 is 19.4 Å². The fourth-order valence-corrected chi connectivity index (χ4v) is 2.91. The highest BCUT2D eigenvalue weighted by Crippen LogP contribution is 2.22. The fourth-order valence-electron chi connectivity index (χ4n) is 2.91. The number of hydrogen-bond acceptors (Lipinski definition) is 4. The number of benzene rings is 3. The van der Waals surface area contributed by atoms with Gasteiger partial charge in [-0.05, 0) is 48.4 Å². The lowest BCUT2D eigenvalue weighted by atomic mass is 10.00. The summed E-state index contributed by atoms with van der Waals surface area (Å²) < 4.78 is 5.73. The number of aryl methyl sites for hydroxylation is 1. The minimum absolute atomic E-state index is 0.0572. The number of Topliss-reactive ketones (excluding diaryl/α,β-unsaturated/α-hetero) is 2. The van der Waals surface area contributed by atoms with Crippen LogP contribution in [0.1, 0.15) is 23.1 Å². The SMILES string of the molecule is Cc1ccc(CC(=O)CC(=O)Cc2ccc(Oc3ccccc3)cc2)c(O)c1. The lowest BCUT2D eigenvalue weighted by Gasteiger charge is -2.07. The molecule has 142 valence electrons. The molecule has 0 aliphatic heterocycles. The number of phenolic OH excluding ortho intramolecular Hbond substituents is 1. The molecule has 0 fully saturated rings. The van der Waals surface area contributed by atoms with E-state index in [1.165, 1.54) is 0 Å². The van der Waals surface area contributed by atoms with Gasteiger partial charge in [-0.1, -0.05) is 42.5 Å². The van der Waals surface area contributed by atoms with Gasteiger partial charge in [-0.25, -0.2) is 0 Å². The fraction of sp³-hybridized carbons (Fsp3) is 0.167. The van der Waals surface area contributed by atoms with E-state index in [4.69, 9.17) is 4.74 Å². The Morgan fingerprint density at radius 3 is 2.14 bits per heavy atom. The highest BCUT2D eigenvalue weighted by molar-refractivity contribution is 6.00. The highest BCUT2D eigenvalue weighted by Gasteiger charge is 2.13. The van der Waals surface area contributed by atoms with Gasteiger partial charge in [0.25, 0.3) is 0 Å². The molecule has 0 aliphatic rings. The number of ether oxygens (including phenoxy) is 1. The van der Waals surface area contributed by atoms with E-state index in [2.05, 4.69) is 0 Å². The number of rotatable bonds is 8. The monoisotopic (exact) mass is 374 g/mol. The summed E-state index contributed by atoms with van der Waals surface area (Å²) in [6.07, 6.45) is 0.106. The maximum atomic E-state index is 12.2. The molecule has 0 atom stereocenters. The lowest BCUT2D eigenvalue weighted by Crippen LogP contribution is -2.12. The Morgan fingerprint density at radius 1 is 0.821 bits per heavy atom. The highest BCUT2D eigenvalue weighted by atomic mass is 16.5. The first-order valence-electron chi connectivity index (χ1n) is 9.13. The van der Waals surface area contributed by atoms with Crippen LogP contribution in [-0.4, -0.2) is 16.7 Å². The summed E-state index contributed by atoms with van der Waals surface area (Å²) in [5.41, 5.74) is 2.30. The van der Waals surface area contributed by atoms with Crippen molar-refractivity contribution in [2.75, 3.05) is 0 Å². The standard InChI is InChI=1S/C24H22O4/c1-17-7-10-19(24(27)13-17)15-21(26)16-20(25)14-18-8-11-23(12-9-18)28-22-5-3-2-4-6-22/h2-13,27H,14-16H2,1H3. The largest absolute Gasteiger partial charge is 0.508 e. The van der Waals surface area contributed by atoms with Crippen molar-refractivity contribution >= 4 is 11.6 Å². The molecule has 1 N–H and O–H groups in total. The molecule has 0 unspecified atom stereocenters. The molecule has 0 aromatic heterocycles. The second-order valence-electron chi connectivity index (χ2n) is 6.80. The number of para-hydroxylation sites is 1. The third-order valence-corrected chi connectivity index (χ3v) is 4.33. The lowest BCUT2D eigenvalue weighted by molar-refractivity contribution is -0.126. The van der Waals surface area contributed by atoms with Crippen LogP contribution in [0.3, 0.4) is 0 Å². The van der Waals surface area contributed by atoms with Crippen molar-refractivity contribution in [1.29, 1.82) is 0 Å². The molecule has 0 amide bonds. The summed E-state index contributed by atoms with van der Waals surface area (Å²) in [4.78, 5) is 24.4. The van der Waals surface area contributed by atoms with Crippen molar-refractivity contribution in [3.05, 3.63) is 89.5 Å². The van der Waals surface area contributed by atoms with E-state index in [0.717, 1.165) is 16.9 Å². The van der Waals surface area contributed by atoms with Gasteiger partial charge in [0.15, 0.2) is 0 Å². The van der Waals surface area contributed by atoms with Crippen LogP contribution in [0.4, 0.5) is 0 Å². The van der Waals surface area contributed by atoms with Gasteiger partial charge in [-0.2, -0.15) is 0 Å². The van der Waals surface area contributed by atoms with Crippen LogP contribution in [0.2, 0.25) is 0 Å². The minimum atomic E-state index is -0.201. The number of hydrogen-bond donors (Lipinski definition) is 1. The quantitative estimate of drug-likeness (QED) is 0.575.